The Labute approximate surface area is 176 Å². The van der Waals surface area contributed by atoms with E-state index in [0.717, 1.165) is 23.4 Å². The van der Waals surface area contributed by atoms with Crippen molar-refractivity contribution in [2.75, 3.05) is 6.54 Å². The first-order valence-electron chi connectivity index (χ1n) is 10.6. The van der Waals surface area contributed by atoms with Crippen molar-refractivity contribution in [1.82, 2.24) is 15.2 Å². The van der Waals surface area contributed by atoms with Crippen LogP contribution in [0.25, 0.3) is 0 Å². The van der Waals surface area contributed by atoms with Crippen LogP contribution in [-0.4, -0.2) is 45.2 Å². The molecule has 7 heteroatoms. The molecule has 0 spiro atoms. The first kappa shape index (κ1) is 21.0. The Morgan fingerprint density at radius 2 is 1.76 bits per heavy atom. The summed E-state index contributed by atoms with van der Waals surface area (Å²) in [4.78, 5) is 6.94. The summed E-state index contributed by atoms with van der Waals surface area (Å²) in [6.07, 6.45) is 4.88. The highest BCUT2D eigenvalue weighted by atomic mass is 32.1. The van der Waals surface area contributed by atoms with Crippen molar-refractivity contribution in [3.63, 3.8) is 0 Å². The lowest BCUT2D eigenvalue weighted by Gasteiger charge is -2.48. The monoisotopic (exact) mass is 425 g/mol. The van der Waals surface area contributed by atoms with Gasteiger partial charge in [0.25, 0.3) is 0 Å². The quantitative estimate of drug-likeness (QED) is 0.680. The fourth-order valence-electron chi connectivity index (χ4n) is 5.18. The molecule has 160 valence electrons. The van der Waals surface area contributed by atoms with E-state index in [1.165, 1.54) is 18.4 Å². The third-order valence-corrected chi connectivity index (χ3v) is 7.08. The zero-order valence-corrected chi connectivity index (χ0v) is 18.2. The van der Waals surface area contributed by atoms with E-state index in [2.05, 4.69) is 37.1 Å². The maximum Gasteiger partial charge on any atom is 0.401 e. The summed E-state index contributed by atoms with van der Waals surface area (Å²) >= 11 is 5.94. The Hall–Kier alpha value is -1.21. The van der Waals surface area contributed by atoms with Crippen molar-refractivity contribution in [3.8, 4) is 0 Å². The van der Waals surface area contributed by atoms with Gasteiger partial charge in [-0.25, -0.2) is 0 Å². The molecule has 0 radical (unpaired) electrons. The van der Waals surface area contributed by atoms with Crippen molar-refractivity contribution in [2.45, 2.75) is 94.4 Å². The predicted octanol–water partition coefficient (Wildman–Crippen LogP) is 5.10. The zero-order valence-electron chi connectivity index (χ0n) is 17.4. The average Bonchev–Trinajstić information content (AvgIpc) is 3.41. The van der Waals surface area contributed by atoms with E-state index in [1.54, 1.807) is 4.90 Å². The van der Waals surface area contributed by atoms with E-state index in [0.29, 0.717) is 18.8 Å². The summed E-state index contributed by atoms with van der Waals surface area (Å²) in [5.74, 6) is 0.575. The zero-order chi connectivity index (χ0) is 21.0. The van der Waals surface area contributed by atoms with Crippen LogP contribution in [-0.2, 0) is 5.41 Å². The molecule has 0 aromatic carbocycles. The molecule has 1 aromatic heterocycles. The molecule has 1 N–H and O–H groups in total. The van der Waals surface area contributed by atoms with Crippen molar-refractivity contribution in [2.24, 2.45) is 0 Å². The van der Waals surface area contributed by atoms with Gasteiger partial charge in [0.15, 0.2) is 0 Å². The van der Waals surface area contributed by atoms with Crippen LogP contribution in [0.15, 0.2) is 18.5 Å². The summed E-state index contributed by atoms with van der Waals surface area (Å²) in [6.45, 7) is 5.38. The average molecular weight is 426 g/mol. The second-order valence-electron chi connectivity index (χ2n) is 10.1. The van der Waals surface area contributed by atoms with Gasteiger partial charge in [0.2, 0.25) is 0 Å². The maximum absolute atomic E-state index is 13.2. The largest absolute Gasteiger partial charge is 0.401 e. The SMILES string of the molecule is CC(C)(C)NC(=S)C1(c2cncc(C3CC3)c2)C[C@H]2CC[C@@H](C1)N2CC(F)(F)F. The van der Waals surface area contributed by atoms with Crippen molar-refractivity contribution in [3.05, 3.63) is 29.6 Å². The lowest BCUT2D eigenvalue weighted by atomic mass is 9.69. The van der Waals surface area contributed by atoms with Gasteiger partial charge in [0, 0.05) is 30.0 Å². The molecule has 2 saturated heterocycles. The van der Waals surface area contributed by atoms with E-state index in [9.17, 15) is 13.2 Å². The van der Waals surface area contributed by atoms with Crippen LogP contribution in [0.1, 0.15) is 76.3 Å². The molecule has 2 bridgehead atoms. The predicted molar refractivity (Wildman–Crippen MR) is 112 cm³/mol. The first-order valence-corrected chi connectivity index (χ1v) is 11.0. The number of halogens is 3. The van der Waals surface area contributed by atoms with Gasteiger partial charge in [-0.3, -0.25) is 9.88 Å². The maximum atomic E-state index is 13.2. The van der Waals surface area contributed by atoms with Crippen LogP contribution >= 0.6 is 12.2 Å². The number of thiocarbonyl (C=S) groups is 1. The summed E-state index contributed by atoms with van der Waals surface area (Å²) in [5, 5.41) is 3.49. The second-order valence-corrected chi connectivity index (χ2v) is 10.6. The highest BCUT2D eigenvalue weighted by Gasteiger charge is 2.53. The third kappa shape index (κ3) is 4.46. The minimum atomic E-state index is -4.17. The highest BCUT2D eigenvalue weighted by Crippen LogP contribution is 2.50. The number of fused-ring (bicyclic) bond motifs is 2. The molecular formula is C22H30F3N3S. The van der Waals surface area contributed by atoms with Crippen molar-refractivity contribution < 1.29 is 13.2 Å². The molecule has 3 nitrogen and oxygen atoms in total. The minimum Gasteiger partial charge on any atom is -0.374 e. The Morgan fingerprint density at radius 1 is 1.14 bits per heavy atom. The van der Waals surface area contributed by atoms with Crippen LogP contribution in [0.5, 0.6) is 0 Å². The lowest BCUT2D eigenvalue weighted by molar-refractivity contribution is -0.156. The highest BCUT2D eigenvalue weighted by molar-refractivity contribution is 7.80. The standard InChI is InChI=1S/C22H30F3N3S/c1-20(2,3)27-19(29)21(16-8-15(11-26-12-16)14-4-5-14)9-17-6-7-18(10-21)28(17)13-22(23,24)25/h8,11-12,14,17-18H,4-7,9-10,13H2,1-3H3,(H,27,29)/t17-,18+,21?. The fraction of sp³-hybridized carbons (Fsp3) is 0.727. The molecule has 3 atom stereocenters. The number of nitrogens with zero attached hydrogens (tertiary/aromatic N) is 2. The molecule has 4 rings (SSSR count). The van der Waals surface area contributed by atoms with E-state index >= 15 is 0 Å². The van der Waals surface area contributed by atoms with E-state index in [-0.39, 0.29) is 17.6 Å². The smallest absolute Gasteiger partial charge is 0.374 e. The van der Waals surface area contributed by atoms with Crippen molar-refractivity contribution in [1.29, 1.82) is 0 Å². The molecule has 1 aromatic rings. The Morgan fingerprint density at radius 3 is 2.28 bits per heavy atom. The number of hydrogen-bond donors (Lipinski definition) is 1. The summed E-state index contributed by atoms with van der Waals surface area (Å²) in [6, 6.07) is 2.03. The number of rotatable bonds is 4. The van der Waals surface area contributed by atoms with Gasteiger partial charge in [-0.15, -0.1) is 0 Å². The molecule has 1 aliphatic carbocycles. The van der Waals surface area contributed by atoms with Crippen LogP contribution in [0.4, 0.5) is 13.2 Å². The van der Waals surface area contributed by atoms with Gasteiger partial charge in [-0.05, 0) is 76.3 Å². The topological polar surface area (TPSA) is 28.2 Å². The molecular weight excluding hydrogens is 395 g/mol. The van der Waals surface area contributed by atoms with Crippen LogP contribution in [0.2, 0.25) is 0 Å². The van der Waals surface area contributed by atoms with E-state index in [4.69, 9.17) is 12.2 Å². The van der Waals surface area contributed by atoms with Crippen LogP contribution in [0, 0.1) is 0 Å². The van der Waals surface area contributed by atoms with E-state index in [1.807, 2.05) is 12.4 Å². The summed E-state index contributed by atoms with van der Waals surface area (Å²) < 4.78 is 39.5. The lowest BCUT2D eigenvalue weighted by Crippen LogP contribution is -2.59. The van der Waals surface area contributed by atoms with Crippen molar-refractivity contribution >= 4 is 17.2 Å². The molecule has 3 fully saturated rings. The Kier molecular flexibility index (Phi) is 5.21. The van der Waals surface area contributed by atoms with Gasteiger partial charge in [0.1, 0.15) is 0 Å². The number of aromatic nitrogens is 1. The molecule has 0 amide bonds. The Bertz CT molecular complexity index is 768. The van der Waals surface area contributed by atoms with Gasteiger partial charge in [-0.2, -0.15) is 13.2 Å². The number of pyridine rings is 1. The summed E-state index contributed by atoms with van der Waals surface area (Å²) in [7, 11) is 0. The normalized spacial score (nSPS) is 30.4. The van der Waals surface area contributed by atoms with Gasteiger partial charge in [-0.1, -0.05) is 18.3 Å². The molecule has 29 heavy (non-hydrogen) atoms. The van der Waals surface area contributed by atoms with Crippen LogP contribution < -0.4 is 5.32 Å². The van der Waals surface area contributed by atoms with E-state index < -0.39 is 18.1 Å². The molecule has 3 aliphatic rings. The van der Waals surface area contributed by atoms with Gasteiger partial charge >= 0.3 is 6.18 Å². The van der Waals surface area contributed by atoms with Crippen LogP contribution in [0.3, 0.4) is 0 Å². The van der Waals surface area contributed by atoms with Gasteiger partial charge in [0.05, 0.1) is 16.9 Å². The Balaban J connectivity index is 1.69. The third-order valence-electron chi connectivity index (χ3n) is 6.59. The second kappa shape index (κ2) is 7.19. The molecule has 1 unspecified atom stereocenters. The summed E-state index contributed by atoms with van der Waals surface area (Å²) in [5.41, 5.74) is 1.67. The number of piperidine rings is 1. The minimum absolute atomic E-state index is 0.0975. The molecule has 1 saturated carbocycles. The number of alkyl halides is 3. The fourth-order valence-corrected chi connectivity index (χ4v) is 5.77. The molecule has 3 heterocycles. The van der Waals surface area contributed by atoms with Gasteiger partial charge < -0.3 is 5.32 Å². The number of nitrogens with one attached hydrogen (secondary N) is 1. The molecule has 2 aliphatic heterocycles. The number of hydrogen-bond acceptors (Lipinski definition) is 3. The first-order chi connectivity index (χ1) is 13.5.